The van der Waals surface area contributed by atoms with Crippen LogP contribution < -0.4 is 0 Å². The van der Waals surface area contributed by atoms with Gasteiger partial charge in [0.2, 0.25) is 0 Å². The van der Waals surface area contributed by atoms with Crippen LogP contribution in [0.2, 0.25) is 0 Å². The van der Waals surface area contributed by atoms with E-state index in [1.165, 1.54) is 28.7 Å². The van der Waals surface area contributed by atoms with Crippen molar-refractivity contribution < 1.29 is 19.8 Å². The lowest BCUT2D eigenvalue weighted by Crippen LogP contribution is -2.27. The molecule has 2 N–H and O–H groups in total. The molecule has 3 unspecified atom stereocenters. The Labute approximate surface area is 144 Å². The van der Waals surface area contributed by atoms with E-state index in [1.807, 2.05) is 0 Å². The number of benzene rings is 1. The molecule has 4 heteroatoms. The number of carboxylic acid groups (broad SMARTS) is 2. The molecule has 0 aromatic heterocycles. The van der Waals surface area contributed by atoms with Gasteiger partial charge in [-0.1, -0.05) is 31.5 Å². The van der Waals surface area contributed by atoms with Crippen LogP contribution in [0.1, 0.15) is 55.4 Å². The number of aryl methyl sites for hydroxylation is 3. The summed E-state index contributed by atoms with van der Waals surface area (Å²) < 4.78 is 0. The van der Waals surface area contributed by atoms with Gasteiger partial charge in [-0.3, -0.25) is 4.79 Å². The van der Waals surface area contributed by atoms with Crippen molar-refractivity contribution in [2.45, 2.75) is 60.3 Å². The Hall–Kier alpha value is -1.84. The van der Waals surface area contributed by atoms with Crippen molar-refractivity contribution in [3.05, 3.63) is 34.4 Å². The van der Waals surface area contributed by atoms with E-state index >= 15 is 0 Å². The quantitative estimate of drug-likeness (QED) is 0.814. The molecule has 0 spiro atoms. The highest BCUT2D eigenvalue weighted by molar-refractivity contribution is 5.84. The zero-order valence-electron chi connectivity index (χ0n) is 15.4. The maximum Gasteiger partial charge on any atom is 0.503 e. The fourth-order valence-corrected chi connectivity index (χ4v) is 3.65. The second-order valence-electron chi connectivity index (χ2n) is 7.27. The molecule has 0 heterocycles. The van der Waals surface area contributed by atoms with Crippen molar-refractivity contribution >= 4 is 11.9 Å². The molecule has 0 saturated heterocycles. The monoisotopic (exact) mass is 334 g/mol. The SMILES string of the molecule is Cc1cc(C)c(CC(=O)C2CCC(C)C(C)C2)c(C)c1.O=C(O)O. The van der Waals surface area contributed by atoms with Crippen molar-refractivity contribution in [2.24, 2.45) is 17.8 Å². The molecule has 0 bridgehead atoms. The van der Waals surface area contributed by atoms with Gasteiger partial charge in [0.25, 0.3) is 0 Å². The molecule has 1 fully saturated rings. The molecule has 3 atom stereocenters. The smallest absolute Gasteiger partial charge is 0.450 e. The Bertz CT molecular complexity index is 564. The van der Waals surface area contributed by atoms with Gasteiger partial charge in [-0.05, 0) is 68.6 Å². The zero-order valence-corrected chi connectivity index (χ0v) is 15.4. The third-order valence-electron chi connectivity index (χ3n) is 5.24. The Morgan fingerprint density at radius 2 is 1.50 bits per heavy atom. The van der Waals surface area contributed by atoms with E-state index in [1.54, 1.807) is 0 Å². The van der Waals surface area contributed by atoms with Gasteiger partial charge < -0.3 is 10.2 Å². The maximum absolute atomic E-state index is 12.6. The summed E-state index contributed by atoms with van der Waals surface area (Å²) in [4.78, 5) is 21.2. The van der Waals surface area contributed by atoms with Gasteiger partial charge in [0.15, 0.2) is 0 Å². The average Bonchev–Trinajstić information content (AvgIpc) is 2.45. The van der Waals surface area contributed by atoms with Gasteiger partial charge in [-0.25, -0.2) is 4.79 Å². The molecule has 4 nitrogen and oxygen atoms in total. The van der Waals surface area contributed by atoms with Gasteiger partial charge in [0, 0.05) is 12.3 Å². The van der Waals surface area contributed by atoms with Crippen molar-refractivity contribution in [3.8, 4) is 0 Å². The van der Waals surface area contributed by atoms with Crippen LogP contribution in [-0.4, -0.2) is 22.2 Å². The number of hydrogen-bond donors (Lipinski definition) is 2. The highest BCUT2D eigenvalue weighted by atomic mass is 16.6. The highest BCUT2D eigenvalue weighted by Crippen LogP contribution is 2.34. The third-order valence-corrected chi connectivity index (χ3v) is 5.24. The number of carbonyl (C=O) groups is 2. The summed E-state index contributed by atoms with van der Waals surface area (Å²) in [5.74, 6) is 2.22. The fourth-order valence-electron chi connectivity index (χ4n) is 3.65. The van der Waals surface area contributed by atoms with Gasteiger partial charge in [-0.15, -0.1) is 0 Å². The third kappa shape index (κ3) is 5.99. The van der Waals surface area contributed by atoms with Gasteiger partial charge in [-0.2, -0.15) is 0 Å². The molecule has 0 aliphatic heterocycles. The van der Waals surface area contributed by atoms with Crippen molar-refractivity contribution in [1.82, 2.24) is 0 Å². The highest BCUT2D eigenvalue weighted by Gasteiger charge is 2.29. The summed E-state index contributed by atoms with van der Waals surface area (Å²) >= 11 is 0. The number of Topliss-reactive ketones (excluding diaryl/α,β-unsaturated/α-hetero) is 1. The average molecular weight is 334 g/mol. The molecule has 24 heavy (non-hydrogen) atoms. The summed E-state index contributed by atoms with van der Waals surface area (Å²) in [6.07, 6.45) is 2.19. The number of rotatable bonds is 3. The predicted octanol–water partition coefficient (Wildman–Crippen LogP) is 5.02. The van der Waals surface area contributed by atoms with Crippen LogP contribution in [0.3, 0.4) is 0 Å². The summed E-state index contributed by atoms with van der Waals surface area (Å²) in [5, 5.41) is 13.9. The molecule has 1 aromatic carbocycles. The van der Waals surface area contributed by atoms with Crippen molar-refractivity contribution in [2.75, 3.05) is 0 Å². The van der Waals surface area contributed by atoms with E-state index in [-0.39, 0.29) is 0 Å². The Morgan fingerprint density at radius 3 is 1.96 bits per heavy atom. The lowest BCUT2D eigenvalue weighted by atomic mass is 9.73. The minimum atomic E-state index is -1.83. The normalized spacial score (nSPS) is 23.1. The number of hydrogen-bond acceptors (Lipinski definition) is 2. The van der Waals surface area contributed by atoms with E-state index in [9.17, 15) is 4.79 Å². The summed E-state index contributed by atoms with van der Waals surface area (Å²) in [7, 11) is 0. The zero-order chi connectivity index (χ0) is 18.4. The number of ketones is 1. The van der Waals surface area contributed by atoms with Crippen LogP contribution in [0.4, 0.5) is 4.79 Å². The summed E-state index contributed by atoms with van der Waals surface area (Å²) in [5.41, 5.74) is 5.09. The van der Waals surface area contributed by atoms with Crippen LogP contribution in [0.15, 0.2) is 12.1 Å². The van der Waals surface area contributed by atoms with E-state index in [0.717, 1.165) is 18.8 Å². The van der Waals surface area contributed by atoms with Crippen LogP contribution in [0.25, 0.3) is 0 Å². The van der Waals surface area contributed by atoms with Crippen molar-refractivity contribution in [1.29, 1.82) is 0 Å². The molecule has 0 amide bonds. The molecule has 134 valence electrons. The van der Waals surface area contributed by atoms with Crippen LogP contribution in [0.5, 0.6) is 0 Å². The minimum Gasteiger partial charge on any atom is -0.450 e. The molecule has 1 aliphatic carbocycles. The lowest BCUT2D eigenvalue weighted by Gasteiger charge is -2.31. The summed E-state index contributed by atoms with van der Waals surface area (Å²) in [6, 6.07) is 4.39. The number of carbonyl (C=O) groups excluding carboxylic acids is 1. The topological polar surface area (TPSA) is 74.6 Å². The molecule has 1 aliphatic rings. The first kappa shape index (κ1) is 20.2. The van der Waals surface area contributed by atoms with Gasteiger partial charge in [0.1, 0.15) is 5.78 Å². The predicted molar refractivity (Wildman–Crippen MR) is 95.7 cm³/mol. The minimum absolute atomic E-state index is 0.293. The summed E-state index contributed by atoms with van der Waals surface area (Å²) in [6.45, 7) is 11.0. The molecular formula is C20H30O4. The Balaban J connectivity index is 0.000000648. The van der Waals surface area contributed by atoms with E-state index in [2.05, 4.69) is 46.8 Å². The van der Waals surface area contributed by atoms with Crippen LogP contribution in [0, 0.1) is 38.5 Å². The molecule has 1 aromatic rings. The fraction of sp³-hybridized carbons (Fsp3) is 0.600. The van der Waals surface area contributed by atoms with E-state index in [0.29, 0.717) is 24.0 Å². The van der Waals surface area contributed by atoms with Gasteiger partial charge in [0.05, 0.1) is 0 Å². The second-order valence-corrected chi connectivity index (χ2v) is 7.27. The maximum atomic E-state index is 12.6. The van der Waals surface area contributed by atoms with Gasteiger partial charge >= 0.3 is 6.16 Å². The Kier molecular flexibility index (Phi) is 7.46. The van der Waals surface area contributed by atoms with Crippen LogP contribution >= 0.6 is 0 Å². The standard InChI is InChI=1S/C19H28O.CH2O3/c1-12-8-15(4)18(16(5)9-12)11-19(20)17-7-6-13(2)14(3)10-17;2-1(3)4/h8-9,13-14,17H,6-7,10-11H2,1-5H3;(H2,2,3,4). The first-order chi connectivity index (χ1) is 11.1. The Morgan fingerprint density at radius 1 is 1.00 bits per heavy atom. The first-order valence-corrected chi connectivity index (χ1v) is 8.63. The molecule has 1 saturated carbocycles. The first-order valence-electron chi connectivity index (χ1n) is 8.63. The second kappa shape index (κ2) is 8.86. The van der Waals surface area contributed by atoms with E-state index in [4.69, 9.17) is 15.0 Å². The van der Waals surface area contributed by atoms with Crippen molar-refractivity contribution in [3.63, 3.8) is 0 Å². The lowest BCUT2D eigenvalue weighted by molar-refractivity contribution is -0.124. The molecule has 0 radical (unpaired) electrons. The largest absolute Gasteiger partial charge is 0.503 e. The van der Waals surface area contributed by atoms with E-state index < -0.39 is 6.16 Å². The molecule has 2 rings (SSSR count). The van der Waals surface area contributed by atoms with Crippen LogP contribution in [-0.2, 0) is 11.2 Å². The molecular weight excluding hydrogens is 304 g/mol.